The number of benzene rings is 1. The van der Waals surface area contributed by atoms with Gasteiger partial charge in [-0.3, -0.25) is 14.5 Å². The molecule has 1 aliphatic heterocycles. The van der Waals surface area contributed by atoms with Crippen molar-refractivity contribution in [2.75, 3.05) is 19.6 Å². The molecule has 0 bridgehead atoms. The number of nitrogens with zero attached hydrogens (tertiary/aromatic N) is 1. The number of likely N-dealkylation sites (tertiary alicyclic amines) is 1. The average molecular weight is 374 g/mol. The Hall–Kier alpha value is -1.88. The summed E-state index contributed by atoms with van der Waals surface area (Å²) in [4.78, 5) is 26.1. The third-order valence-electron chi connectivity index (χ3n) is 5.05. The first-order valence-corrected chi connectivity index (χ1v) is 10.3. The van der Waals surface area contributed by atoms with Gasteiger partial charge in [-0.15, -0.1) is 0 Å². The number of hydrogen-bond donors (Lipinski definition) is 2. The molecule has 0 aromatic heterocycles. The van der Waals surface area contributed by atoms with Crippen LogP contribution in [0.15, 0.2) is 24.3 Å². The minimum Gasteiger partial charge on any atom is -0.350 e. The van der Waals surface area contributed by atoms with E-state index in [9.17, 15) is 9.59 Å². The van der Waals surface area contributed by atoms with E-state index in [1.807, 2.05) is 0 Å². The van der Waals surface area contributed by atoms with E-state index in [1.54, 1.807) is 0 Å². The Morgan fingerprint density at radius 1 is 1.11 bits per heavy atom. The molecule has 27 heavy (non-hydrogen) atoms. The summed E-state index contributed by atoms with van der Waals surface area (Å²) in [6, 6.07) is 8.44. The van der Waals surface area contributed by atoms with E-state index in [-0.39, 0.29) is 18.4 Å². The van der Waals surface area contributed by atoms with Crippen molar-refractivity contribution in [3.63, 3.8) is 0 Å². The van der Waals surface area contributed by atoms with Gasteiger partial charge in [-0.1, -0.05) is 45.0 Å². The molecule has 2 rings (SSSR count). The van der Waals surface area contributed by atoms with Crippen LogP contribution in [0.2, 0.25) is 0 Å². The zero-order chi connectivity index (χ0) is 19.6. The number of carbonyl (C=O) groups excluding carboxylic acids is 2. The molecule has 1 aromatic rings. The van der Waals surface area contributed by atoms with Gasteiger partial charge in [-0.25, -0.2) is 0 Å². The highest BCUT2D eigenvalue weighted by molar-refractivity contribution is 5.84. The third kappa shape index (κ3) is 8.57. The smallest absolute Gasteiger partial charge is 0.239 e. The highest BCUT2D eigenvalue weighted by atomic mass is 16.2. The maximum atomic E-state index is 11.9. The van der Waals surface area contributed by atoms with Gasteiger partial charge in [-0.2, -0.15) is 0 Å². The predicted molar refractivity (Wildman–Crippen MR) is 109 cm³/mol. The van der Waals surface area contributed by atoms with Crippen LogP contribution in [-0.4, -0.2) is 36.3 Å². The maximum Gasteiger partial charge on any atom is 0.239 e. The van der Waals surface area contributed by atoms with Crippen molar-refractivity contribution in [2.24, 2.45) is 11.8 Å². The highest BCUT2D eigenvalue weighted by Gasteiger charge is 2.16. The van der Waals surface area contributed by atoms with Gasteiger partial charge in [0.05, 0.1) is 6.54 Å². The Kier molecular flexibility index (Phi) is 8.79. The molecule has 1 fully saturated rings. The van der Waals surface area contributed by atoms with Gasteiger partial charge >= 0.3 is 0 Å². The van der Waals surface area contributed by atoms with Crippen LogP contribution in [-0.2, 0) is 22.7 Å². The summed E-state index contributed by atoms with van der Waals surface area (Å²) >= 11 is 0. The first-order valence-electron chi connectivity index (χ1n) is 10.3. The number of carbonyl (C=O) groups is 2. The minimum absolute atomic E-state index is 0.0438. The molecule has 0 saturated carbocycles. The van der Waals surface area contributed by atoms with Gasteiger partial charge in [0.25, 0.3) is 0 Å². The normalized spacial score (nSPS) is 17.7. The fraction of sp³-hybridized carbons (Fsp3) is 0.636. The lowest BCUT2D eigenvalue weighted by Crippen LogP contribution is -2.36. The second kappa shape index (κ2) is 11.1. The number of amides is 2. The van der Waals surface area contributed by atoms with E-state index >= 15 is 0 Å². The lowest BCUT2D eigenvalue weighted by Gasteiger charge is -2.30. The van der Waals surface area contributed by atoms with E-state index in [1.165, 1.54) is 31.5 Å². The molecule has 5 nitrogen and oxygen atoms in total. The molecule has 1 unspecified atom stereocenters. The summed E-state index contributed by atoms with van der Waals surface area (Å²) in [5.74, 6) is 1.07. The Morgan fingerprint density at radius 2 is 1.81 bits per heavy atom. The summed E-state index contributed by atoms with van der Waals surface area (Å²) in [7, 11) is 0. The molecule has 1 aromatic carbocycles. The second-order valence-corrected chi connectivity index (χ2v) is 8.28. The Bertz CT molecular complexity index is 598. The molecule has 1 saturated heterocycles. The molecule has 5 heteroatoms. The molecular formula is C22H35N3O2. The maximum absolute atomic E-state index is 11.9. The Balaban J connectivity index is 1.67. The Morgan fingerprint density at radius 3 is 2.48 bits per heavy atom. The predicted octanol–water partition coefficient (Wildman–Crippen LogP) is 3.09. The lowest BCUT2D eigenvalue weighted by atomic mass is 9.99. The van der Waals surface area contributed by atoms with Crippen molar-refractivity contribution >= 4 is 11.8 Å². The van der Waals surface area contributed by atoms with Gasteiger partial charge in [0.1, 0.15) is 0 Å². The molecule has 1 aliphatic rings. The number of piperidine rings is 1. The van der Waals surface area contributed by atoms with Gasteiger partial charge in [0, 0.05) is 26.1 Å². The van der Waals surface area contributed by atoms with Crippen LogP contribution in [0.4, 0.5) is 0 Å². The number of rotatable bonds is 9. The molecule has 1 heterocycles. The quantitative estimate of drug-likeness (QED) is 0.699. The largest absolute Gasteiger partial charge is 0.350 e. The second-order valence-electron chi connectivity index (χ2n) is 8.28. The van der Waals surface area contributed by atoms with E-state index in [0.717, 1.165) is 24.4 Å². The van der Waals surface area contributed by atoms with Crippen molar-refractivity contribution < 1.29 is 9.59 Å². The van der Waals surface area contributed by atoms with E-state index < -0.39 is 0 Å². The number of nitrogens with one attached hydrogen (secondary N) is 2. The summed E-state index contributed by atoms with van der Waals surface area (Å²) < 4.78 is 0. The summed E-state index contributed by atoms with van der Waals surface area (Å²) in [5, 5.41) is 5.54. The molecule has 0 radical (unpaired) electrons. The SMILES string of the molecule is CC(C)CCC(=O)NCC(=O)NCc1ccc(CN2CCCC(C)C2)cc1. The van der Waals surface area contributed by atoms with Crippen LogP contribution < -0.4 is 10.6 Å². The van der Waals surface area contributed by atoms with Crippen molar-refractivity contribution in [1.82, 2.24) is 15.5 Å². The molecular weight excluding hydrogens is 338 g/mol. The first kappa shape index (κ1) is 21.4. The Labute approximate surface area is 163 Å². The fourth-order valence-corrected chi connectivity index (χ4v) is 3.40. The summed E-state index contributed by atoms with van der Waals surface area (Å²) in [6.07, 6.45) is 3.95. The molecule has 0 spiro atoms. The van der Waals surface area contributed by atoms with Crippen LogP contribution in [0, 0.1) is 11.8 Å². The minimum atomic E-state index is -0.153. The van der Waals surface area contributed by atoms with Crippen molar-refractivity contribution in [3.05, 3.63) is 35.4 Å². The molecule has 2 amide bonds. The first-order chi connectivity index (χ1) is 12.9. The highest BCUT2D eigenvalue weighted by Crippen LogP contribution is 2.18. The van der Waals surface area contributed by atoms with Crippen LogP contribution in [0.5, 0.6) is 0 Å². The zero-order valence-corrected chi connectivity index (χ0v) is 17.1. The van der Waals surface area contributed by atoms with Gasteiger partial charge in [0.15, 0.2) is 0 Å². The van der Waals surface area contributed by atoms with E-state index in [2.05, 4.69) is 60.6 Å². The van der Waals surface area contributed by atoms with Gasteiger partial charge < -0.3 is 10.6 Å². The van der Waals surface area contributed by atoms with Crippen LogP contribution in [0.25, 0.3) is 0 Å². The lowest BCUT2D eigenvalue weighted by molar-refractivity contribution is -0.126. The van der Waals surface area contributed by atoms with E-state index in [4.69, 9.17) is 0 Å². The van der Waals surface area contributed by atoms with Crippen LogP contribution in [0.3, 0.4) is 0 Å². The monoisotopic (exact) mass is 373 g/mol. The third-order valence-corrected chi connectivity index (χ3v) is 5.05. The average Bonchev–Trinajstić information content (AvgIpc) is 2.64. The molecule has 1 atom stereocenters. The molecule has 150 valence electrons. The molecule has 2 N–H and O–H groups in total. The topological polar surface area (TPSA) is 61.4 Å². The molecule has 0 aliphatic carbocycles. The van der Waals surface area contributed by atoms with Crippen LogP contribution >= 0.6 is 0 Å². The van der Waals surface area contributed by atoms with Gasteiger partial charge in [-0.05, 0) is 48.8 Å². The van der Waals surface area contributed by atoms with Gasteiger partial charge in [0.2, 0.25) is 11.8 Å². The number of hydrogen-bond acceptors (Lipinski definition) is 3. The zero-order valence-electron chi connectivity index (χ0n) is 17.1. The standard InChI is InChI=1S/C22H35N3O2/c1-17(2)6-11-21(26)24-14-22(27)23-13-19-7-9-20(10-8-19)16-25-12-4-5-18(3)15-25/h7-10,17-18H,4-6,11-16H2,1-3H3,(H,23,27)(H,24,26). The van der Waals surface area contributed by atoms with Crippen LogP contribution in [0.1, 0.15) is 57.6 Å². The summed E-state index contributed by atoms with van der Waals surface area (Å²) in [6.45, 7) is 10.4. The fourth-order valence-electron chi connectivity index (χ4n) is 3.40. The summed E-state index contributed by atoms with van der Waals surface area (Å²) in [5.41, 5.74) is 2.39. The van der Waals surface area contributed by atoms with Crippen molar-refractivity contribution in [1.29, 1.82) is 0 Å². The van der Waals surface area contributed by atoms with Crippen molar-refractivity contribution in [3.8, 4) is 0 Å². The van der Waals surface area contributed by atoms with Crippen molar-refractivity contribution in [2.45, 2.75) is 59.5 Å². The van der Waals surface area contributed by atoms with E-state index in [0.29, 0.717) is 18.9 Å².